The number of nitrogens with one attached hydrogen (secondary N) is 1. The van der Waals surface area contributed by atoms with Crippen molar-refractivity contribution >= 4 is 16.8 Å². The minimum absolute atomic E-state index is 0.110. The predicted molar refractivity (Wildman–Crippen MR) is 115 cm³/mol. The molecule has 0 aliphatic carbocycles. The van der Waals surface area contributed by atoms with Crippen LogP contribution in [0.4, 0.5) is 0 Å². The zero-order valence-corrected chi connectivity index (χ0v) is 16.3. The van der Waals surface area contributed by atoms with Crippen molar-refractivity contribution < 1.29 is 9.53 Å². The molecule has 1 amide bonds. The quantitative estimate of drug-likeness (QED) is 0.523. The summed E-state index contributed by atoms with van der Waals surface area (Å²) in [5.41, 5.74) is 4.44. The highest BCUT2D eigenvalue weighted by Crippen LogP contribution is 2.24. The van der Waals surface area contributed by atoms with Crippen molar-refractivity contribution in [3.05, 3.63) is 107 Å². The number of fused-ring (bicyclic) bond motifs is 1. The Kier molecular flexibility index (Phi) is 5.52. The third kappa shape index (κ3) is 4.43. The third-order valence-electron chi connectivity index (χ3n) is 4.84. The fraction of sp³-hybridized carbons (Fsp3) is 0.120. The fourth-order valence-electron chi connectivity index (χ4n) is 3.35. The van der Waals surface area contributed by atoms with Gasteiger partial charge in [0.15, 0.2) is 0 Å². The predicted octanol–water partition coefficient (Wildman–Crippen LogP) is 4.76. The van der Waals surface area contributed by atoms with Gasteiger partial charge in [-0.15, -0.1) is 0 Å². The number of pyridine rings is 1. The van der Waals surface area contributed by atoms with E-state index >= 15 is 0 Å². The Morgan fingerprint density at radius 1 is 0.897 bits per heavy atom. The van der Waals surface area contributed by atoms with Gasteiger partial charge in [-0.05, 0) is 29.3 Å². The molecule has 4 heteroatoms. The molecule has 0 bridgehead atoms. The van der Waals surface area contributed by atoms with Crippen molar-refractivity contribution in [3.8, 4) is 5.75 Å². The van der Waals surface area contributed by atoms with Crippen LogP contribution >= 0.6 is 0 Å². The van der Waals surface area contributed by atoms with Crippen molar-refractivity contribution in [2.24, 2.45) is 0 Å². The number of ether oxygens (including phenoxy) is 1. The average Bonchev–Trinajstić information content (AvgIpc) is 2.78. The first-order valence-electron chi connectivity index (χ1n) is 9.56. The highest BCUT2D eigenvalue weighted by molar-refractivity contribution is 6.06. The van der Waals surface area contributed by atoms with Crippen molar-refractivity contribution in [1.82, 2.24) is 10.3 Å². The van der Waals surface area contributed by atoms with Gasteiger partial charge in [-0.1, -0.05) is 60.7 Å². The Balaban J connectivity index is 1.69. The number of hydrogen-bond acceptors (Lipinski definition) is 3. The first kappa shape index (κ1) is 18.7. The molecule has 4 nitrogen and oxygen atoms in total. The standard InChI is InChI=1S/C25H22N2O2/c1-29-21-12-13-22-23(25(28)26-17-19-10-6-3-7-11-19)15-20(27-24(22)16-21)14-18-8-4-2-5-9-18/h2-13,15-16H,14,17H2,1H3,(H,26,28). The first-order chi connectivity index (χ1) is 14.2. The van der Waals surface area contributed by atoms with Gasteiger partial charge in [-0.3, -0.25) is 9.78 Å². The number of hydrogen-bond donors (Lipinski definition) is 1. The molecule has 0 spiro atoms. The van der Waals surface area contributed by atoms with Crippen LogP contribution in [-0.4, -0.2) is 18.0 Å². The van der Waals surface area contributed by atoms with Gasteiger partial charge in [0.1, 0.15) is 5.75 Å². The SMILES string of the molecule is COc1ccc2c(C(=O)NCc3ccccc3)cc(Cc3ccccc3)nc2c1. The summed E-state index contributed by atoms with van der Waals surface area (Å²) in [6, 6.07) is 27.5. The van der Waals surface area contributed by atoms with Crippen molar-refractivity contribution in [2.75, 3.05) is 7.11 Å². The zero-order chi connectivity index (χ0) is 20.1. The van der Waals surface area contributed by atoms with Crippen LogP contribution in [0.15, 0.2) is 84.9 Å². The van der Waals surface area contributed by atoms with Crippen LogP contribution in [0.2, 0.25) is 0 Å². The van der Waals surface area contributed by atoms with Crippen LogP contribution in [-0.2, 0) is 13.0 Å². The second-order valence-corrected chi connectivity index (χ2v) is 6.87. The minimum Gasteiger partial charge on any atom is -0.497 e. The molecule has 3 aromatic carbocycles. The largest absolute Gasteiger partial charge is 0.497 e. The monoisotopic (exact) mass is 382 g/mol. The fourth-order valence-corrected chi connectivity index (χ4v) is 3.35. The molecular weight excluding hydrogens is 360 g/mol. The maximum absolute atomic E-state index is 13.0. The van der Waals surface area contributed by atoms with E-state index in [1.165, 1.54) is 0 Å². The van der Waals surface area contributed by atoms with Gasteiger partial charge in [0.05, 0.1) is 18.2 Å². The van der Waals surface area contributed by atoms with Gasteiger partial charge >= 0.3 is 0 Å². The van der Waals surface area contributed by atoms with Gasteiger partial charge in [-0.2, -0.15) is 0 Å². The van der Waals surface area contributed by atoms with Crippen LogP contribution in [0.25, 0.3) is 10.9 Å². The third-order valence-corrected chi connectivity index (χ3v) is 4.84. The summed E-state index contributed by atoms with van der Waals surface area (Å²) < 4.78 is 5.35. The maximum atomic E-state index is 13.0. The van der Waals surface area contributed by atoms with E-state index in [2.05, 4.69) is 17.4 Å². The van der Waals surface area contributed by atoms with E-state index in [-0.39, 0.29) is 5.91 Å². The van der Waals surface area contributed by atoms with E-state index in [4.69, 9.17) is 9.72 Å². The van der Waals surface area contributed by atoms with Crippen LogP contribution in [0, 0.1) is 0 Å². The molecule has 0 radical (unpaired) electrons. The van der Waals surface area contributed by atoms with E-state index in [1.54, 1.807) is 7.11 Å². The molecule has 144 valence electrons. The van der Waals surface area contributed by atoms with Gasteiger partial charge < -0.3 is 10.1 Å². The average molecular weight is 382 g/mol. The summed E-state index contributed by atoms with van der Waals surface area (Å²) in [6.07, 6.45) is 0.660. The summed E-state index contributed by atoms with van der Waals surface area (Å²) in [7, 11) is 1.63. The number of carbonyl (C=O) groups excluding carboxylic acids is 1. The molecule has 4 rings (SSSR count). The summed E-state index contributed by atoms with van der Waals surface area (Å²) in [4.78, 5) is 17.8. The van der Waals surface area contributed by atoms with Crippen LogP contribution in [0.3, 0.4) is 0 Å². The lowest BCUT2D eigenvalue weighted by atomic mass is 10.0. The highest BCUT2D eigenvalue weighted by Gasteiger charge is 2.14. The molecule has 4 aromatic rings. The Labute approximate surface area is 170 Å². The first-order valence-corrected chi connectivity index (χ1v) is 9.56. The lowest BCUT2D eigenvalue weighted by Gasteiger charge is -2.12. The van der Waals surface area contributed by atoms with Gasteiger partial charge in [0, 0.05) is 30.1 Å². The normalized spacial score (nSPS) is 10.7. The van der Waals surface area contributed by atoms with Crippen LogP contribution in [0.5, 0.6) is 5.75 Å². The molecule has 0 fully saturated rings. The molecule has 1 heterocycles. The smallest absolute Gasteiger partial charge is 0.252 e. The number of amides is 1. The van der Waals surface area contributed by atoms with Gasteiger partial charge in [-0.25, -0.2) is 0 Å². The second-order valence-electron chi connectivity index (χ2n) is 6.87. The number of carbonyl (C=O) groups is 1. The molecule has 0 aliphatic rings. The van der Waals surface area contributed by atoms with Gasteiger partial charge in [0.2, 0.25) is 0 Å². The van der Waals surface area contributed by atoms with E-state index in [9.17, 15) is 4.79 Å². The molecule has 29 heavy (non-hydrogen) atoms. The highest BCUT2D eigenvalue weighted by atomic mass is 16.5. The summed E-state index contributed by atoms with van der Waals surface area (Å²) >= 11 is 0. The Hall–Kier alpha value is -3.66. The van der Waals surface area contributed by atoms with Crippen molar-refractivity contribution in [1.29, 1.82) is 0 Å². The summed E-state index contributed by atoms with van der Waals surface area (Å²) in [6.45, 7) is 0.480. The lowest BCUT2D eigenvalue weighted by molar-refractivity contribution is 0.0952. The van der Waals surface area contributed by atoms with E-state index < -0.39 is 0 Å². The maximum Gasteiger partial charge on any atom is 0.252 e. The number of methoxy groups -OCH3 is 1. The van der Waals surface area contributed by atoms with E-state index in [0.717, 1.165) is 33.5 Å². The molecule has 0 unspecified atom stereocenters. The molecular formula is C25H22N2O2. The van der Waals surface area contributed by atoms with E-state index in [0.29, 0.717) is 18.5 Å². The summed E-state index contributed by atoms with van der Waals surface area (Å²) in [5.74, 6) is 0.609. The Morgan fingerprint density at radius 2 is 1.59 bits per heavy atom. The zero-order valence-electron chi connectivity index (χ0n) is 16.3. The second kappa shape index (κ2) is 8.57. The molecule has 1 aromatic heterocycles. The number of benzene rings is 3. The number of rotatable bonds is 6. The topological polar surface area (TPSA) is 51.2 Å². The molecule has 0 aliphatic heterocycles. The molecule has 0 saturated carbocycles. The Bertz CT molecular complexity index is 1130. The lowest BCUT2D eigenvalue weighted by Crippen LogP contribution is -2.23. The van der Waals surface area contributed by atoms with E-state index in [1.807, 2.05) is 72.8 Å². The van der Waals surface area contributed by atoms with Crippen LogP contribution < -0.4 is 10.1 Å². The van der Waals surface area contributed by atoms with Crippen molar-refractivity contribution in [2.45, 2.75) is 13.0 Å². The molecule has 0 saturated heterocycles. The van der Waals surface area contributed by atoms with Crippen LogP contribution in [0.1, 0.15) is 27.2 Å². The molecule has 0 atom stereocenters. The minimum atomic E-state index is -0.110. The number of nitrogens with zero attached hydrogens (tertiary/aromatic N) is 1. The van der Waals surface area contributed by atoms with Gasteiger partial charge in [0.25, 0.3) is 5.91 Å². The number of aromatic nitrogens is 1. The van der Waals surface area contributed by atoms with Crippen molar-refractivity contribution in [3.63, 3.8) is 0 Å². The molecule has 1 N–H and O–H groups in total. The Morgan fingerprint density at radius 3 is 2.28 bits per heavy atom. The summed E-state index contributed by atoms with van der Waals surface area (Å²) in [5, 5.41) is 3.84.